The van der Waals surface area contributed by atoms with E-state index >= 15 is 0 Å². The summed E-state index contributed by atoms with van der Waals surface area (Å²) in [5.41, 5.74) is 1.72. The van der Waals surface area contributed by atoms with Gasteiger partial charge >= 0.3 is 0 Å². The van der Waals surface area contributed by atoms with Crippen LogP contribution in [0, 0.1) is 0 Å². The van der Waals surface area contributed by atoms with Crippen LogP contribution in [0.25, 0.3) is 0 Å². The molecule has 2 rings (SSSR count). The van der Waals surface area contributed by atoms with Gasteiger partial charge in [-0.2, -0.15) is 0 Å². The van der Waals surface area contributed by atoms with Gasteiger partial charge in [0, 0.05) is 6.42 Å². The highest BCUT2D eigenvalue weighted by Gasteiger charge is 2.40. The number of allylic oxidation sites excluding steroid dienone is 1. The lowest BCUT2D eigenvalue weighted by Crippen LogP contribution is -2.23. The van der Waals surface area contributed by atoms with Crippen molar-refractivity contribution in [2.45, 2.75) is 51.6 Å². The van der Waals surface area contributed by atoms with E-state index in [9.17, 15) is 0 Å². The molecule has 11 heavy (non-hydrogen) atoms. The Labute approximate surface area is 68.4 Å². The summed E-state index contributed by atoms with van der Waals surface area (Å²) in [7, 11) is 0. The Morgan fingerprint density at radius 2 is 1.82 bits per heavy atom. The van der Waals surface area contributed by atoms with Crippen molar-refractivity contribution in [2.24, 2.45) is 0 Å². The van der Waals surface area contributed by atoms with E-state index in [1.165, 1.54) is 43.4 Å². The molecule has 1 spiro atoms. The van der Waals surface area contributed by atoms with Crippen molar-refractivity contribution in [1.82, 2.24) is 0 Å². The van der Waals surface area contributed by atoms with E-state index in [-0.39, 0.29) is 5.60 Å². The molecule has 0 amide bonds. The van der Waals surface area contributed by atoms with Gasteiger partial charge in [0.1, 0.15) is 5.60 Å². The molecule has 0 unspecified atom stereocenters. The molecule has 1 heterocycles. The predicted octanol–water partition coefficient (Wildman–Crippen LogP) is 3.01. The maximum atomic E-state index is 5.90. The zero-order valence-electron chi connectivity index (χ0n) is 7.44. The summed E-state index contributed by atoms with van der Waals surface area (Å²) in [6.07, 6.45) is 6.48. The van der Waals surface area contributed by atoms with Gasteiger partial charge in [-0.25, -0.2) is 0 Å². The van der Waals surface area contributed by atoms with E-state index in [4.69, 9.17) is 4.74 Å². The average Bonchev–Trinajstić information content (AvgIpc) is 2.46. The summed E-state index contributed by atoms with van der Waals surface area (Å²) in [5, 5.41) is 0. The Bertz CT molecular complexity index is 181. The van der Waals surface area contributed by atoms with Crippen LogP contribution in [0.5, 0.6) is 0 Å². The molecule has 0 bridgehead atoms. The van der Waals surface area contributed by atoms with Crippen LogP contribution in [0.1, 0.15) is 46.0 Å². The molecule has 0 aromatic rings. The lowest BCUT2D eigenvalue weighted by atomic mass is 9.96. The first kappa shape index (κ1) is 7.20. The van der Waals surface area contributed by atoms with E-state index in [1.54, 1.807) is 0 Å². The van der Waals surface area contributed by atoms with Gasteiger partial charge in [0.15, 0.2) is 0 Å². The smallest absolute Gasteiger partial charge is 0.112 e. The van der Waals surface area contributed by atoms with Gasteiger partial charge in [-0.1, -0.05) is 0 Å². The third-order valence-corrected chi connectivity index (χ3v) is 3.07. The summed E-state index contributed by atoms with van der Waals surface area (Å²) in [5.74, 6) is 1.19. The molecule has 0 aromatic carbocycles. The molecule has 1 saturated carbocycles. The van der Waals surface area contributed by atoms with E-state index in [0.29, 0.717) is 0 Å². The van der Waals surface area contributed by atoms with Crippen LogP contribution < -0.4 is 0 Å². The monoisotopic (exact) mass is 152 g/mol. The molecule has 2 aliphatic rings. The van der Waals surface area contributed by atoms with Crippen molar-refractivity contribution in [2.75, 3.05) is 0 Å². The zero-order chi connectivity index (χ0) is 7.90. The number of rotatable bonds is 0. The van der Waals surface area contributed by atoms with Crippen LogP contribution in [-0.2, 0) is 4.74 Å². The molecular formula is C10H16O. The normalized spacial score (nSPS) is 28.2. The molecule has 0 saturated heterocycles. The second-order valence-corrected chi connectivity index (χ2v) is 4.01. The maximum Gasteiger partial charge on any atom is 0.112 e. The van der Waals surface area contributed by atoms with Crippen molar-refractivity contribution in [3.8, 4) is 0 Å². The van der Waals surface area contributed by atoms with Gasteiger partial charge in [0.25, 0.3) is 0 Å². The Morgan fingerprint density at radius 1 is 1.18 bits per heavy atom. The zero-order valence-corrected chi connectivity index (χ0v) is 7.44. The third kappa shape index (κ3) is 1.07. The third-order valence-electron chi connectivity index (χ3n) is 3.07. The summed E-state index contributed by atoms with van der Waals surface area (Å²) >= 11 is 0. The van der Waals surface area contributed by atoms with Gasteiger partial charge in [0.05, 0.1) is 5.76 Å². The largest absolute Gasteiger partial charge is 0.492 e. The molecule has 1 fully saturated rings. The molecular weight excluding hydrogens is 136 g/mol. The van der Waals surface area contributed by atoms with E-state index in [1.807, 2.05) is 0 Å². The molecule has 1 nitrogen and oxygen atoms in total. The standard InChI is InChI=1S/C10H16O/c1-8-7-10(11-9(8)2)5-3-4-6-10/h3-7H2,1-2H3. The SMILES string of the molecule is CC1=C(C)OC2(CCCC2)C1. The molecule has 1 heteroatoms. The van der Waals surface area contributed by atoms with E-state index in [0.717, 1.165) is 0 Å². The van der Waals surface area contributed by atoms with Crippen LogP contribution in [0.15, 0.2) is 11.3 Å². The number of hydrogen-bond donors (Lipinski definition) is 0. The summed E-state index contributed by atoms with van der Waals surface area (Å²) in [6, 6.07) is 0. The van der Waals surface area contributed by atoms with Gasteiger partial charge in [-0.3, -0.25) is 0 Å². The topological polar surface area (TPSA) is 9.23 Å². The minimum absolute atomic E-state index is 0.258. The first-order valence-electron chi connectivity index (χ1n) is 4.57. The second-order valence-electron chi connectivity index (χ2n) is 4.01. The Morgan fingerprint density at radius 3 is 2.27 bits per heavy atom. The van der Waals surface area contributed by atoms with Gasteiger partial charge in [0.2, 0.25) is 0 Å². The Balaban J connectivity index is 2.12. The fourth-order valence-electron chi connectivity index (χ4n) is 2.35. The van der Waals surface area contributed by atoms with Crippen LogP contribution >= 0.6 is 0 Å². The molecule has 0 N–H and O–H groups in total. The van der Waals surface area contributed by atoms with Crippen LogP contribution in [0.3, 0.4) is 0 Å². The molecule has 0 atom stereocenters. The van der Waals surface area contributed by atoms with Crippen molar-refractivity contribution in [3.63, 3.8) is 0 Å². The number of ether oxygens (including phenoxy) is 1. The first-order valence-corrected chi connectivity index (χ1v) is 4.57. The number of hydrogen-bond acceptors (Lipinski definition) is 1. The first-order chi connectivity index (χ1) is 5.22. The summed E-state index contributed by atoms with van der Waals surface area (Å²) in [4.78, 5) is 0. The van der Waals surface area contributed by atoms with Crippen molar-refractivity contribution < 1.29 is 4.74 Å². The fraction of sp³-hybridized carbons (Fsp3) is 0.800. The quantitative estimate of drug-likeness (QED) is 0.518. The predicted molar refractivity (Wildman–Crippen MR) is 45.3 cm³/mol. The van der Waals surface area contributed by atoms with Gasteiger partial charge < -0.3 is 4.74 Å². The lowest BCUT2D eigenvalue weighted by Gasteiger charge is -2.23. The summed E-state index contributed by atoms with van der Waals surface area (Å²) < 4.78 is 5.90. The lowest BCUT2D eigenvalue weighted by molar-refractivity contribution is 0.0335. The molecule has 0 aromatic heterocycles. The average molecular weight is 152 g/mol. The van der Waals surface area contributed by atoms with Crippen LogP contribution in [0.2, 0.25) is 0 Å². The van der Waals surface area contributed by atoms with Crippen molar-refractivity contribution >= 4 is 0 Å². The Kier molecular flexibility index (Phi) is 1.48. The molecule has 0 radical (unpaired) electrons. The second kappa shape index (κ2) is 2.26. The van der Waals surface area contributed by atoms with Gasteiger partial charge in [-0.15, -0.1) is 0 Å². The minimum Gasteiger partial charge on any atom is -0.492 e. The van der Waals surface area contributed by atoms with Crippen molar-refractivity contribution in [1.29, 1.82) is 0 Å². The fourth-order valence-corrected chi connectivity index (χ4v) is 2.35. The molecule has 1 aliphatic carbocycles. The van der Waals surface area contributed by atoms with Crippen molar-refractivity contribution in [3.05, 3.63) is 11.3 Å². The van der Waals surface area contributed by atoms with Crippen LogP contribution in [0.4, 0.5) is 0 Å². The van der Waals surface area contributed by atoms with Gasteiger partial charge in [-0.05, 0) is 45.1 Å². The highest BCUT2D eigenvalue weighted by molar-refractivity contribution is 5.16. The summed E-state index contributed by atoms with van der Waals surface area (Å²) in [6.45, 7) is 4.30. The van der Waals surface area contributed by atoms with E-state index in [2.05, 4.69) is 13.8 Å². The Hall–Kier alpha value is -0.460. The van der Waals surface area contributed by atoms with Crippen LogP contribution in [-0.4, -0.2) is 5.60 Å². The van der Waals surface area contributed by atoms with E-state index < -0.39 is 0 Å². The molecule has 1 aliphatic heterocycles. The highest BCUT2D eigenvalue weighted by Crippen LogP contribution is 2.44. The minimum atomic E-state index is 0.258. The maximum absolute atomic E-state index is 5.90. The highest BCUT2D eigenvalue weighted by atomic mass is 16.5. The molecule has 62 valence electrons.